The SMILES string of the molecule is NC(=O)[C@H]1CCCN1[C@H]1CC[C@H](CNc2nc(NCc3ccccc3OC(F)(F)F)ncc2[N+](=O)[O-])CC1. The van der Waals surface area contributed by atoms with Gasteiger partial charge in [0.15, 0.2) is 0 Å². The summed E-state index contributed by atoms with van der Waals surface area (Å²) >= 11 is 0. The maximum atomic E-state index is 12.7. The van der Waals surface area contributed by atoms with Crippen LogP contribution in [0.25, 0.3) is 0 Å². The van der Waals surface area contributed by atoms with E-state index in [0.717, 1.165) is 51.3 Å². The van der Waals surface area contributed by atoms with Crippen molar-refractivity contribution in [2.45, 2.75) is 63.5 Å². The Kier molecular flexibility index (Phi) is 8.49. The topological polar surface area (TPSA) is 149 Å². The first-order valence-electron chi connectivity index (χ1n) is 12.5. The third kappa shape index (κ3) is 7.00. The van der Waals surface area contributed by atoms with Crippen LogP contribution in [0.2, 0.25) is 0 Å². The quantitative estimate of drug-likeness (QED) is 0.304. The Hall–Kier alpha value is -3.68. The van der Waals surface area contributed by atoms with Crippen molar-refractivity contribution in [3.8, 4) is 5.75 Å². The number of para-hydroxylation sites is 1. The molecule has 0 radical (unpaired) electrons. The maximum absolute atomic E-state index is 12.7. The Morgan fingerprint density at radius 2 is 1.92 bits per heavy atom. The third-order valence-corrected chi connectivity index (χ3v) is 7.07. The predicted octanol–water partition coefficient (Wildman–Crippen LogP) is 3.82. The number of halogens is 3. The van der Waals surface area contributed by atoms with E-state index >= 15 is 0 Å². The monoisotopic (exact) mass is 537 g/mol. The first-order valence-corrected chi connectivity index (χ1v) is 12.5. The number of alkyl halides is 3. The van der Waals surface area contributed by atoms with E-state index in [2.05, 4.69) is 30.2 Å². The second-order valence-corrected chi connectivity index (χ2v) is 9.55. The molecule has 4 rings (SSSR count). The van der Waals surface area contributed by atoms with Gasteiger partial charge >= 0.3 is 12.0 Å². The number of anilines is 2. The van der Waals surface area contributed by atoms with E-state index in [1.807, 2.05) is 0 Å². The number of hydrogen-bond donors (Lipinski definition) is 3. The molecule has 2 fully saturated rings. The minimum atomic E-state index is -4.84. The number of amides is 1. The van der Waals surface area contributed by atoms with Gasteiger partial charge in [0.1, 0.15) is 11.9 Å². The van der Waals surface area contributed by atoms with Gasteiger partial charge < -0.3 is 21.1 Å². The van der Waals surface area contributed by atoms with Crippen LogP contribution in [0.5, 0.6) is 5.75 Å². The molecule has 4 N–H and O–H groups in total. The van der Waals surface area contributed by atoms with Crippen LogP contribution in [0, 0.1) is 16.0 Å². The van der Waals surface area contributed by atoms with Crippen LogP contribution in [0.4, 0.5) is 30.6 Å². The molecule has 1 aromatic carbocycles. The van der Waals surface area contributed by atoms with Crippen molar-refractivity contribution >= 4 is 23.4 Å². The Morgan fingerprint density at radius 3 is 2.61 bits per heavy atom. The highest BCUT2D eigenvalue weighted by Gasteiger charge is 2.36. The number of carbonyl (C=O) groups is 1. The van der Waals surface area contributed by atoms with Crippen LogP contribution < -0.4 is 21.1 Å². The first-order chi connectivity index (χ1) is 18.1. The molecule has 14 heteroatoms. The number of ether oxygens (including phenoxy) is 1. The van der Waals surface area contributed by atoms with Crippen molar-refractivity contribution in [2.24, 2.45) is 11.7 Å². The van der Waals surface area contributed by atoms with Crippen molar-refractivity contribution in [3.63, 3.8) is 0 Å². The van der Waals surface area contributed by atoms with E-state index < -0.39 is 11.3 Å². The summed E-state index contributed by atoms with van der Waals surface area (Å²) in [5.74, 6) is -0.321. The molecule has 1 aliphatic heterocycles. The molecule has 1 saturated heterocycles. The van der Waals surface area contributed by atoms with E-state index in [-0.39, 0.29) is 53.2 Å². The summed E-state index contributed by atoms with van der Waals surface area (Å²) < 4.78 is 42.1. The lowest BCUT2D eigenvalue weighted by Gasteiger charge is -2.37. The van der Waals surface area contributed by atoms with Gasteiger partial charge in [-0.15, -0.1) is 13.2 Å². The van der Waals surface area contributed by atoms with Gasteiger partial charge in [-0.3, -0.25) is 19.8 Å². The molecule has 2 heterocycles. The number of rotatable bonds is 10. The fraction of sp³-hybridized carbons (Fsp3) is 0.542. The van der Waals surface area contributed by atoms with Crippen molar-refractivity contribution < 1.29 is 27.6 Å². The van der Waals surface area contributed by atoms with E-state index in [1.54, 1.807) is 6.07 Å². The summed E-state index contributed by atoms with van der Waals surface area (Å²) in [5, 5.41) is 17.4. The van der Waals surface area contributed by atoms with Crippen LogP contribution in [-0.2, 0) is 11.3 Å². The lowest BCUT2D eigenvalue weighted by atomic mass is 9.85. The minimum absolute atomic E-state index is 0.0233. The minimum Gasteiger partial charge on any atom is -0.405 e. The van der Waals surface area contributed by atoms with E-state index in [9.17, 15) is 28.1 Å². The van der Waals surface area contributed by atoms with Gasteiger partial charge in [0.2, 0.25) is 17.7 Å². The van der Waals surface area contributed by atoms with Crippen molar-refractivity contribution in [1.29, 1.82) is 0 Å². The maximum Gasteiger partial charge on any atom is 0.573 e. The summed E-state index contributed by atoms with van der Waals surface area (Å²) in [5.41, 5.74) is 5.47. The molecule has 0 bridgehead atoms. The number of hydrogen-bond acceptors (Lipinski definition) is 9. The van der Waals surface area contributed by atoms with E-state index in [0.29, 0.717) is 12.6 Å². The number of nitrogens with one attached hydrogen (secondary N) is 2. The third-order valence-electron chi connectivity index (χ3n) is 7.07. The van der Waals surface area contributed by atoms with Gasteiger partial charge in [-0.2, -0.15) is 4.98 Å². The molecule has 0 spiro atoms. The van der Waals surface area contributed by atoms with Crippen LogP contribution in [0.15, 0.2) is 30.5 Å². The summed E-state index contributed by atoms with van der Waals surface area (Å²) in [6.07, 6.45) is 1.58. The molecule has 1 aromatic heterocycles. The molecular formula is C24H30F3N7O4. The average Bonchev–Trinajstić information content (AvgIpc) is 3.37. The Balaban J connectivity index is 1.35. The molecular weight excluding hydrogens is 507 g/mol. The first kappa shape index (κ1) is 27.4. The molecule has 206 valence electrons. The fourth-order valence-electron chi connectivity index (χ4n) is 5.23. The molecule has 2 aromatic rings. The van der Waals surface area contributed by atoms with Crippen LogP contribution in [0.1, 0.15) is 44.1 Å². The Morgan fingerprint density at radius 1 is 1.18 bits per heavy atom. The average molecular weight is 538 g/mol. The lowest BCUT2D eigenvalue weighted by Crippen LogP contribution is -2.47. The Bertz CT molecular complexity index is 1140. The molecule has 1 saturated carbocycles. The highest BCUT2D eigenvalue weighted by Crippen LogP contribution is 2.33. The van der Waals surface area contributed by atoms with Crippen LogP contribution >= 0.6 is 0 Å². The van der Waals surface area contributed by atoms with Gasteiger partial charge in [-0.05, 0) is 57.1 Å². The summed E-state index contributed by atoms with van der Waals surface area (Å²) in [6.45, 7) is 1.25. The van der Waals surface area contributed by atoms with Crippen molar-refractivity contribution in [3.05, 3.63) is 46.1 Å². The normalized spacial score (nSPS) is 22.1. The molecule has 1 atom stereocenters. The number of nitro groups is 1. The van der Waals surface area contributed by atoms with Gasteiger partial charge in [0.25, 0.3) is 0 Å². The number of likely N-dealkylation sites (tertiary alicyclic amines) is 1. The number of nitrogens with two attached hydrogens (primary N) is 1. The van der Waals surface area contributed by atoms with Gasteiger partial charge in [-0.1, -0.05) is 18.2 Å². The molecule has 2 aliphatic rings. The molecule has 0 unspecified atom stereocenters. The predicted molar refractivity (Wildman–Crippen MR) is 132 cm³/mol. The van der Waals surface area contributed by atoms with E-state index in [4.69, 9.17) is 5.73 Å². The second-order valence-electron chi connectivity index (χ2n) is 9.55. The molecule has 1 aliphatic carbocycles. The Labute approximate surface area is 217 Å². The number of primary amides is 1. The number of aromatic nitrogens is 2. The van der Waals surface area contributed by atoms with Crippen molar-refractivity contribution in [1.82, 2.24) is 14.9 Å². The molecule has 1 amide bonds. The zero-order valence-corrected chi connectivity index (χ0v) is 20.6. The molecule has 38 heavy (non-hydrogen) atoms. The highest BCUT2D eigenvalue weighted by atomic mass is 19.4. The number of nitrogens with zero attached hydrogens (tertiary/aromatic N) is 4. The second kappa shape index (κ2) is 11.8. The fourth-order valence-corrected chi connectivity index (χ4v) is 5.23. The largest absolute Gasteiger partial charge is 0.573 e. The van der Waals surface area contributed by atoms with Gasteiger partial charge in [-0.25, -0.2) is 4.98 Å². The van der Waals surface area contributed by atoms with Gasteiger partial charge in [0.05, 0.1) is 11.0 Å². The smallest absolute Gasteiger partial charge is 0.405 e. The zero-order valence-electron chi connectivity index (χ0n) is 20.6. The summed E-state index contributed by atoms with van der Waals surface area (Å²) in [4.78, 5) is 33.0. The number of benzene rings is 1. The number of carbonyl (C=O) groups excluding carboxylic acids is 1. The van der Waals surface area contributed by atoms with Gasteiger partial charge in [0, 0.05) is 24.7 Å². The zero-order chi connectivity index (χ0) is 27.3. The van der Waals surface area contributed by atoms with E-state index in [1.165, 1.54) is 18.2 Å². The van der Waals surface area contributed by atoms with Crippen molar-refractivity contribution in [2.75, 3.05) is 23.7 Å². The highest BCUT2D eigenvalue weighted by molar-refractivity contribution is 5.80. The summed E-state index contributed by atoms with van der Waals surface area (Å²) in [7, 11) is 0. The standard InChI is InChI=1S/C24H30F3N7O4/c25-24(26,27)38-20-6-2-1-4-16(20)13-30-23-31-14-19(34(36)37)22(32-23)29-12-15-7-9-17(10-8-15)33-11-3-5-18(33)21(28)35/h1-2,4,6,14-15,17-18H,3,5,7-13H2,(H2,28,35)(H2,29,30,31,32)/t15-,17-,18-/m1/s1. The van der Waals surface area contributed by atoms with Crippen LogP contribution in [0.3, 0.4) is 0 Å². The van der Waals surface area contributed by atoms with Crippen LogP contribution in [-0.4, -0.2) is 57.2 Å². The lowest BCUT2D eigenvalue weighted by molar-refractivity contribution is -0.384. The molecule has 11 nitrogen and oxygen atoms in total. The summed E-state index contributed by atoms with van der Waals surface area (Å²) in [6, 6.07) is 5.75.